The summed E-state index contributed by atoms with van der Waals surface area (Å²) >= 11 is 6.10. The van der Waals surface area contributed by atoms with Crippen LogP contribution in [0.1, 0.15) is 36.8 Å². The normalized spacial score (nSPS) is 18.5. The van der Waals surface area contributed by atoms with E-state index in [1.54, 1.807) is 6.07 Å². The van der Waals surface area contributed by atoms with Gasteiger partial charge in [0.15, 0.2) is 0 Å². The Labute approximate surface area is 108 Å². The standard InChI is InChI=1S/C15H20ClF/c1-11-6-7-15(17)9-13(11)8-14(10-16)12-4-2-3-5-12/h6-7,9,12,14H,2-5,8,10H2,1H3. The van der Waals surface area contributed by atoms with E-state index in [-0.39, 0.29) is 5.82 Å². The van der Waals surface area contributed by atoms with Crippen LogP contribution in [-0.2, 0) is 6.42 Å². The Balaban J connectivity index is 2.09. The van der Waals surface area contributed by atoms with Gasteiger partial charge in [0.2, 0.25) is 0 Å². The monoisotopic (exact) mass is 254 g/mol. The Morgan fingerprint density at radius 2 is 2.06 bits per heavy atom. The lowest BCUT2D eigenvalue weighted by molar-refractivity contribution is 0.368. The van der Waals surface area contributed by atoms with Crippen molar-refractivity contribution in [2.75, 3.05) is 5.88 Å². The fourth-order valence-corrected chi connectivity index (χ4v) is 3.28. The van der Waals surface area contributed by atoms with Gasteiger partial charge in [-0.3, -0.25) is 0 Å². The highest BCUT2D eigenvalue weighted by Gasteiger charge is 2.24. The van der Waals surface area contributed by atoms with E-state index < -0.39 is 0 Å². The van der Waals surface area contributed by atoms with E-state index in [0.717, 1.165) is 17.9 Å². The molecule has 1 fully saturated rings. The summed E-state index contributed by atoms with van der Waals surface area (Å²) in [5.74, 6) is 1.82. The van der Waals surface area contributed by atoms with Gasteiger partial charge >= 0.3 is 0 Å². The first-order valence-electron chi connectivity index (χ1n) is 6.51. The van der Waals surface area contributed by atoms with Crippen LogP contribution in [0.25, 0.3) is 0 Å². The van der Waals surface area contributed by atoms with Crippen molar-refractivity contribution in [1.82, 2.24) is 0 Å². The average molecular weight is 255 g/mol. The summed E-state index contributed by atoms with van der Waals surface area (Å²) in [6, 6.07) is 5.07. The van der Waals surface area contributed by atoms with Gasteiger partial charge in [-0.2, -0.15) is 0 Å². The van der Waals surface area contributed by atoms with Crippen molar-refractivity contribution < 1.29 is 4.39 Å². The topological polar surface area (TPSA) is 0 Å². The first-order valence-corrected chi connectivity index (χ1v) is 7.05. The van der Waals surface area contributed by atoms with Gasteiger partial charge in [-0.15, -0.1) is 11.6 Å². The van der Waals surface area contributed by atoms with Crippen LogP contribution >= 0.6 is 11.6 Å². The maximum atomic E-state index is 13.2. The molecule has 0 spiro atoms. The van der Waals surface area contributed by atoms with Crippen molar-refractivity contribution >= 4 is 11.6 Å². The Kier molecular flexibility index (Phi) is 4.44. The van der Waals surface area contributed by atoms with Crippen LogP contribution in [0, 0.1) is 24.6 Å². The average Bonchev–Trinajstić information content (AvgIpc) is 2.84. The molecule has 1 aromatic rings. The molecule has 0 bridgehead atoms. The summed E-state index contributed by atoms with van der Waals surface area (Å²) < 4.78 is 13.2. The molecule has 0 amide bonds. The van der Waals surface area contributed by atoms with Crippen LogP contribution < -0.4 is 0 Å². The largest absolute Gasteiger partial charge is 0.207 e. The van der Waals surface area contributed by atoms with Crippen LogP contribution in [0.5, 0.6) is 0 Å². The second-order valence-electron chi connectivity index (χ2n) is 5.23. The van der Waals surface area contributed by atoms with Gasteiger partial charge in [-0.1, -0.05) is 31.7 Å². The van der Waals surface area contributed by atoms with Crippen molar-refractivity contribution in [1.29, 1.82) is 0 Å². The second-order valence-corrected chi connectivity index (χ2v) is 5.54. The molecule has 1 aliphatic rings. The van der Waals surface area contributed by atoms with Crippen molar-refractivity contribution in [3.05, 3.63) is 35.1 Å². The third kappa shape index (κ3) is 3.22. The Bertz CT molecular complexity index is 369. The van der Waals surface area contributed by atoms with E-state index in [1.165, 1.54) is 37.3 Å². The molecule has 94 valence electrons. The summed E-state index contributed by atoms with van der Waals surface area (Å²) in [6.07, 6.45) is 6.19. The molecule has 1 aliphatic carbocycles. The Morgan fingerprint density at radius 1 is 1.35 bits per heavy atom. The van der Waals surface area contributed by atoms with Gasteiger partial charge in [-0.05, 0) is 48.4 Å². The lowest BCUT2D eigenvalue weighted by Crippen LogP contribution is -2.17. The molecular weight excluding hydrogens is 235 g/mol. The van der Waals surface area contributed by atoms with Gasteiger partial charge in [0.25, 0.3) is 0 Å². The third-order valence-corrected chi connectivity index (χ3v) is 4.45. The summed E-state index contributed by atoms with van der Waals surface area (Å²) in [5.41, 5.74) is 2.31. The van der Waals surface area contributed by atoms with E-state index in [9.17, 15) is 4.39 Å². The molecule has 17 heavy (non-hydrogen) atoms. The van der Waals surface area contributed by atoms with Crippen molar-refractivity contribution in [2.24, 2.45) is 11.8 Å². The van der Waals surface area contributed by atoms with Crippen molar-refractivity contribution in [2.45, 2.75) is 39.0 Å². The van der Waals surface area contributed by atoms with Crippen molar-refractivity contribution in [3.63, 3.8) is 0 Å². The minimum Gasteiger partial charge on any atom is -0.207 e. The fraction of sp³-hybridized carbons (Fsp3) is 0.600. The van der Waals surface area contributed by atoms with Gasteiger partial charge in [0, 0.05) is 5.88 Å². The summed E-state index contributed by atoms with van der Waals surface area (Å²) in [5, 5.41) is 0. The third-order valence-electron chi connectivity index (χ3n) is 4.06. The molecule has 1 atom stereocenters. The molecule has 2 heteroatoms. The van der Waals surface area contributed by atoms with Crippen LogP contribution in [-0.4, -0.2) is 5.88 Å². The number of benzene rings is 1. The number of hydrogen-bond donors (Lipinski definition) is 0. The molecule has 0 nitrogen and oxygen atoms in total. The smallest absolute Gasteiger partial charge is 0.123 e. The lowest BCUT2D eigenvalue weighted by Gasteiger charge is -2.22. The van der Waals surface area contributed by atoms with E-state index >= 15 is 0 Å². The van der Waals surface area contributed by atoms with Gasteiger partial charge < -0.3 is 0 Å². The van der Waals surface area contributed by atoms with E-state index in [4.69, 9.17) is 11.6 Å². The number of alkyl halides is 1. The van der Waals surface area contributed by atoms with Gasteiger partial charge in [0.1, 0.15) is 5.82 Å². The molecule has 0 N–H and O–H groups in total. The number of hydrogen-bond acceptors (Lipinski definition) is 0. The first-order chi connectivity index (χ1) is 8.20. The zero-order valence-corrected chi connectivity index (χ0v) is 11.1. The van der Waals surface area contributed by atoms with Crippen LogP contribution in [0.15, 0.2) is 18.2 Å². The molecule has 0 aromatic heterocycles. The van der Waals surface area contributed by atoms with E-state index in [0.29, 0.717) is 11.8 Å². The highest BCUT2D eigenvalue weighted by molar-refractivity contribution is 6.18. The minimum absolute atomic E-state index is 0.134. The number of halogens is 2. The summed E-state index contributed by atoms with van der Waals surface area (Å²) in [7, 11) is 0. The second kappa shape index (κ2) is 5.86. The van der Waals surface area contributed by atoms with Crippen LogP contribution in [0.3, 0.4) is 0 Å². The van der Waals surface area contributed by atoms with Crippen LogP contribution in [0.4, 0.5) is 4.39 Å². The molecule has 1 saturated carbocycles. The molecule has 0 radical (unpaired) electrons. The highest BCUT2D eigenvalue weighted by atomic mass is 35.5. The highest BCUT2D eigenvalue weighted by Crippen LogP contribution is 2.34. The lowest BCUT2D eigenvalue weighted by atomic mass is 9.86. The molecule has 2 rings (SSSR count). The molecule has 0 heterocycles. The molecule has 1 unspecified atom stereocenters. The predicted octanol–water partition coefficient (Wildman–Crippen LogP) is 4.72. The zero-order chi connectivity index (χ0) is 12.3. The minimum atomic E-state index is -0.134. The zero-order valence-electron chi connectivity index (χ0n) is 10.4. The van der Waals surface area contributed by atoms with E-state index in [2.05, 4.69) is 6.92 Å². The maximum Gasteiger partial charge on any atom is 0.123 e. The van der Waals surface area contributed by atoms with Crippen LogP contribution in [0.2, 0.25) is 0 Å². The predicted molar refractivity (Wildman–Crippen MR) is 71.0 cm³/mol. The number of aryl methyl sites for hydroxylation is 1. The fourth-order valence-electron chi connectivity index (χ4n) is 2.92. The first kappa shape index (κ1) is 12.9. The summed E-state index contributed by atoms with van der Waals surface area (Å²) in [6.45, 7) is 2.05. The van der Waals surface area contributed by atoms with E-state index in [1.807, 2.05) is 6.07 Å². The maximum absolute atomic E-state index is 13.2. The molecule has 1 aromatic carbocycles. The molecular formula is C15H20ClF. The SMILES string of the molecule is Cc1ccc(F)cc1CC(CCl)C1CCCC1. The van der Waals surface area contributed by atoms with Gasteiger partial charge in [0.05, 0.1) is 0 Å². The Morgan fingerprint density at radius 3 is 2.71 bits per heavy atom. The Hall–Kier alpha value is -0.560. The molecule has 0 aliphatic heterocycles. The summed E-state index contributed by atoms with van der Waals surface area (Å²) in [4.78, 5) is 0. The quantitative estimate of drug-likeness (QED) is 0.682. The number of rotatable bonds is 4. The van der Waals surface area contributed by atoms with Crippen molar-refractivity contribution in [3.8, 4) is 0 Å². The molecule has 0 saturated heterocycles. The van der Waals surface area contributed by atoms with Gasteiger partial charge in [-0.25, -0.2) is 4.39 Å².